The molecule has 1 saturated heterocycles. The van der Waals surface area contributed by atoms with Crippen molar-refractivity contribution in [2.24, 2.45) is 0 Å². The molecule has 1 aliphatic carbocycles. The van der Waals surface area contributed by atoms with Crippen LogP contribution in [0.5, 0.6) is 5.75 Å². The number of benzene rings is 1. The average molecular weight is 277 g/mol. The van der Waals surface area contributed by atoms with Crippen LogP contribution in [-0.4, -0.2) is 49.5 Å². The lowest BCUT2D eigenvalue weighted by atomic mass is 10.0. The lowest BCUT2D eigenvalue weighted by molar-refractivity contribution is -0.0144. The second-order valence-corrected chi connectivity index (χ2v) is 5.78. The Morgan fingerprint density at radius 1 is 1.30 bits per heavy atom. The molecule has 1 aromatic rings. The first kappa shape index (κ1) is 13.9. The van der Waals surface area contributed by atoms with Gasteiger partial charge in [0.15, 0.2) is 0 Å². The molecule has 1 N–H and O–H groups in total. The van der Waals surface area contributed by atoms with Crippen molar-refractivity contribution in [2.45, 2.75) is 37.5 Å². The van der Waals surface area contributed by atoms with Crippen LogP contribution in [-0.2, 0) is 11.2 Å². The molecule has 3 atom stereocenters. The van der Waals surface area contributed by atoms with Crippen LogP contribution in [0.3, 0.4) is 0 Å². The SMILES string of the molecule is COc1ccc2c(c1)C(O)C(N1CCCC(OC)C1)C2. The number of ether oxygens (including phenoxy) is 2. The average Bonchev–Trinajstić information content (AvgIpc) is 2.84. The first-order chi connectivity index (χ1) is 9.72. The molecule has 1 heterocycles. The molecule has 20 heavy (non-hydrogen) atoms. The molecule has 0 spiro atoms. The predicted molar refractivity (Wildman–Crippen MR) is 77.0 cm³/mol. The predicted octanol–water partition coefficient (Wildman–Crippen LogP) is 1.76. The van der Waals surface area contributed by atoms with E-state index in [4.69, 9.17) is 9.47 Å². The number of nitrogens with zero attached hydrogens (tertiary/aromatic N) is 1. The van der Waals surface area contributed by atoms with Gasteiger partial charge in [0.25, 0.3) is 0 Å². The summed E-state index contributed by atoms with van der Waals surface area (Å²) in [6.45, 7) is 1.97. The molecule has 1 fully saturated rings. The summed E-state index contributed by atoms with van der Waals surface area (Å²) in [6.07, 6.45) is 3.06. The molecule has 0 saturated carbocycles. The second-order valence-electron chi connectivity index (χ2n) is 5.78. The molecule has 1 aromatic carbocycles. The van der Waals surface area contributed by atoms with Gasteiger partial charge in [0.1, 0.15) is 5.75 Å². The van der Waals surface area contributed by atoms with Crippen molar-refractivity contribution in [3.05, 3.63) is 29.3 Å². The summed E-state index contributed by atoms with van der Waals surface area (Å²) < 4.78 is 10.7. The Labute approximate surface area is 120 Å². The number of fused-ring (bicyclic) bond motifs is 1. The fourth-order valence-corrected chi connectivity index (χ4v) is 3.49. The van der Waals surface area contributed by atoms with E-state index in [1.165, 1.54) is 5.56 Å². The monoisotopic (exact) mass is 277 g/mol. The van der Waals surface area contributed by atoms with E-state index >= 15 is 0 Å². The summed E-state index contributed by atoms with van der Waals surface area (Å²) in [4.78, 5) is 2.38. The van der Waals surface area contributed by atoms with Gasteiger partial charge in [-0.1, -0.05) is 6.07 Å². The van der Waals surface area contributed by atoms with Crippen LogP contribution in [0.1, 0.15) is 30.1 Å². The molecule has 1 aliphatic heterocycles. The topological polar surface area (TPSA) is 41.9 Å². The maximum absolute atomic E-state index is 10.6. The van der Waals surface area contributed by atoms with Gasteiger partial charge in [-0.3, -0.25) is 4.90 Å². The molecule has 3 rings (SSSR count). The summed E-state index contributed by atoms with van der Waals surface area (Å²) in [5.74, 6) is 0.817. The quantitative estimate of drug-likeness (QED) is 0.914. The highest BCUT2D eigenvalue weighted by atomic mass is 16.5. The van der Waals surface area contributed by atoms with Crippen LogP contribution in [0, 0.1) is 0 Å². The Balaban J connectivity index is 1.77. The Kier molecular flexibility index (Phi) is 3.96. The number of hydrogen-bond donors (Lipinski definition) is 1. The van der Waals surface area contributed by atoms with E-state index in [-0.39, 0.29) is 6.04 Å². The fourth-order valence-electron chi connectivity index (χ4n) is 3.49. The molecule has 2 aliphatic rings. The fraction of sp³-hybridized carbons (Fsp3) is 0.625. The van der Waals surface area contributed by atoms with E-state index in [9.17, 15) is 5.11 Å². The van der Waals surface area contributed by atoms with E-state index in [2.05, 4.69) is 11.0 Å². The van der Waals surface area contributed by atoms with E-state index < -0.39 is 6.10 Å². The van der Waals surface area contributed by atoms with Crippen LogP contribution in [0.2, 0.25) is 0 Å². The zero-order chi connectivity index (χ0) is 14.1. The smallest absolute Gasteiger partial charge is 0.119 e. The Hall–Kier alpha value is -1.10. The molecular weight excluding hydrogens is 254 g/mol. The van der Waals surface area contributed by atoms with Gasteiger partial charge in [-0.2, -0.15) is 0 Å². The van der Waals surface area contributed by atoms with Gasteiger partial charge in [-0.05, 0) is 49.1 Å². The van der Waals surface area contributed by atoms with Crippen molar-refractivity contribution in [1.29, 1.82) is 0 Å². The maximum atomic E-state index is 10.6. The van der Waals surface area contributed by atoms with Gasteiger partial charge in [0.05, 0.1) is 19.3 Å². The van der Waals surface area contributed by atoms with Gasteiger partial charge in [0, 0.05) is 19.7 Å². The normalized spacial score (nSPS) is 30.2. The van der Waals surface area contributed by atoms with E-state index in [1.807, 2.05) is 12.1 Å². The third-order valence-corrected chi connectivity index (χ3v) is 4.68. The van der Waals surface area contributed by atoms with Crippen LogP contribution in [0.15, 0.2) is 18.2 Å². The minimum atomic E-state index is -0.421. The number of likely N-dealkylation sites (tertiary alicyclic amines) is 1. The van der Waals surface area contributed by atoms with E-state index in [0.29, 0.717) is 6.10 Å². The molecule has 3 unspecified atom stereocenters. The minimum absolute atomic E-state index is 0.176. The van der Waals surface area contributed by atoms with Gasteiger partial charge in [0.2, 0.25) is 0 Å². The van der Waals surface area contributed by atoms with Crippen LogP contribution < -0.4 is 4.74 Å². The number of rotatable bonds is 3. The highest BCUT2D eigenvalue weighted by molar-refractivity contribution is 5.41. The van der Waals surface area contributed by atoms with Crippen LogP contribution in [0.25, 0.3) is 0 Å². The highest BCUT2D eigenvalue weighted by Crippen LogP contribution is 2.37. The van der Waals surface area contributed by atoms with Gasteiger partial charge in [-0.15, -0.1) is 0 Å². The molecular formula is C16H23NO3. The van der Waals surface area contributed by atoms with Crippen molar-refractivity contribution < 1.29 is 14.6 Å². The summed E-state index contributed by atoms with van der Waals surface area (Å²) in [7, 11) is 3.44. The molecule has 0 radical (unpaired) electrons. The maximum Gasteiger partial charge on any atom is 0.119 e. The minimum Gasteiger partial charge on any atom is -0.497 e. The van der Waals surface area contributed by atoms with Crippen molar-refractivity contribution in [3.8, 4) is 5.75 Å². The van der Waals surface area contributed by atoms with E-state index in [1.54, 1.807) is 14.2 Å². The lowest BCUT2D eigenvalue weighted by Crippen LogP contribution is -2.47. The van der Waals surface area contributed by atoms with Gasteiger partial charge < -0.3 is 14.6 Å². The Bertz CT molecular complexity index is 477. The van der Waals surface area contributed by atoms with Crippen molar-refractivity contribution in [2.75, 3.05) is 27.3 Å². The summed E-state index contributed by atoms with van der Waals surface area (Å²) in [5.41, 5.74) is 2.26. The third-order valence-electron chi connectivity index (χ3n) is 4.68. The van der Waals surface area contributed by atoms with Crippen molar-refractivity contribution in [1.82, 2.24) is 4.90 Å². The Morgan fingerprint density at radius 2 is 2.15 bits per heavy atom. The molecule has 4 nitrogen and oxygen atoms in total. The number of aliphatic hydroxyl groups excluding tert-OH is 1. The number of piperidine rings is 1. The van der Waals surface area contributed by atoms with E-state index in [0.717, 1.165) is 43.7 Å². The van der Waals surface area contributed by atoms with Crippen LogP contribution >= 0.6 is 0 Å². The summed E-state index contributed by atoms with van der Waals surface area (Å²) in [5, 5.41) is 10.6. The third kappa shape index (κ3) is 2.43. The van der Waals surface area contributed by atoms with Crippen LogP contribution in [0.4, 0.5) is 0 Å². The molecule has 0 aromatic heterocycles. The number of methoxy groups -OCH3 is 2. The zero-order valence-electron chi connectivity index (χ0n) is 12.2. The highest BCUT2D eigenvalue weighted by Gasteiger charge is 2.37. The molecule has 110 valence electrons. The molecule has 4 heteroatoms. The summed E-state index contributed by atoms with van der Waals surface area (Å²) >= 11 is 0. The van der Waals surface area contributed by atoms with Crippen molar-refractivity contribution in [3.63, 3.8) is 0 Å². The number of hydrogen-bond acceptors (Lipinski definition) is 4. The Morgan fingerprint density at radius 3 is 2.90 bits per heavy atom. The van der Waals surface area contributed by atoms with Gasteiger partial charge in [-0.25, -0.2) is 0 Å². The lowest BCUT2D eigenvalue weighted by Gasteiger charge is -2.37. The standard InChI is InChI=1S/C16H23NO3/c1-19-12-6-5-11-8-15(16(18)14(11)9-12)17-7-3-4-13(10-17)20-2/h5-6,9,13,15-16,18H,3-4,7-8,10H2,1-2H3. The summed E-state index contributed by atoms with van der Waals surface area (Å²) in [6, 6.07) is 6.20. The first-order valence-electron chi connectivity index (χ1n) is 7.34. The molecule has 0 bridgehead atoms. The van der Waals surface area contributed by atoms with Gasteiger partial charge >= 0.3 is 0 Å². The van der Waals surface area contributed by atoms with Crippen molar-refractivity contribution >= 4 is 0 Å². The second kappa shape index (κ2) is 5.72. The largest absolute Gasteiger partial charge is 0.497 e. The zero-order valence-corrected chi connectivity index (χ0v) is 12.2. The molecule has 0 amide bonds. The number of aliphatic hydroxyl groups is 1. The first-order valence-corrected chi connectivity index (χ1v) is 7.34.